The molecule has 0 saturated heterocycles. The van der Waals surface area contributed by atoms with Crippen LogP contribution in [0.2, 0.25) is 0 Å². The molecular weight excluding hydrogens is 469 g/mol. The van der Waals surface area contributed by atoms with Crippen molar-refractivity contribution < 1.29 is 27.4 Å². The number of thioether (sulfide) groups is 1. The van der Waals surface area contributed by atoms with Gasteiger partial charge in [-0.1, -0.05) is 6.07 Å². The summed E-state index contributed by atoms with van der Waals surface area (Å²) in [6.07, 6.45) is 1.57. The van der Waals surface area contributed by atoms with Crippen molar-refractivity contribution in [2.75, 3.05) is 12.4 Å². The molecule has 2 aromatic heterocycles. The lowest BCUT2D eigenvalue weighted by atomic mass is 10.2. The van der Waals surface area contributed by atoms with E-state index in [-0.39, 0.29) is 23.1 Å². The first-order valence-electron chi connectivity index (χ1n) is 9.99. The zero-order valence-electron chi connectivity index (χ0n) is 18.1. The summed E-state index contributed by atoms with van der Waals surface area (Å²) in [4.78, 5) is 20.2. The molecule has 176 valence electrons. The molecule has 0 atom stereocenters. The van der Waals surface area contributed by atoms with Crippen LogP contribution in [-0.4, -0.2) is 33.1 Å². The lowest BCUT2D eigenvalue weighted by molar-refractivity contribution is -0.139. The number of halogens is 3. The van der Waals surface area contributed by atoms with E-state index in [0.717, 1.165) is 5.52 Å². The van der Waals surface area contributed by atoms with Gasteiger partial charge in [-0.3, -0.25) is 9.78 Å². The van der Waals surface area contributed by atoms with Crippen molar-refractivity contribution in [2.45, 2.75) is 16.8 Å². The molecule has 0 aliphatic carbocycles. The predicted molar refractivity (Wildman–Crippen MR) is 122 cm³/mol. The number of imidazole rings is 1. The van der Waals surface area contributed by atoms with Crippen LogP contribution in [0.5, 0.6) is 11.5 Å². The third-order valence-electron chi connectivity index (χ3n) is 4.75. The zero-order valence-corrected chi connectivity index (χ0v) is 18.9. The SMILES string of the molecule is COC(=O)Cc1cc(Oc2ccc3c(c2)nc(Nc2cccc(SC(F)(F)F)c2)n3C)ccn1. The number of hydrogen-bond donors (Lipinski definition) is 1. The summed E-state index contributed by atoms with van der Waals surface area (Å²) >= 11 is -0.171. The Morgan fingerprint density at radius 2 is 1.91 bits per heavy atom. The normalized spacial score (nSPS) is 11.4. The van der Waals surface area contributed by atoms with E-state index in [4.69, 9.17) is 4.74 Å². The van der Waals surface area contributed by atoms with E-state index in [1.54, 1.807) is 54.2 Å². The molecule has 0 aliphatic rings. The fraction of sp³-hybridized carbons (Fsp3) is 0.174. The summed E-state index contributed by atoms with van der Waals surface area (Å²) in [6.45, 7) is 0. The number of ether oxygens (including phenoxy) is 2. The number of fused-ring (bicyclic) bond motifs is 1. The Hall–Kier alpha value is -3.73. The molecular formula is C23H19F3N4O3S. The summed E-state index contributed by atoms with van der Waals surface area (Å²) < 4.78 is 50.4. The fourth-order valence-corrected chi connectivity index (χ4v) is 3.83. The Labute approximate surface area is 196 Å². The molecule has 0 amide bonds. The highest BCUT2D eigenvalue weighted by Gasteiger charge is 2.29. The Morgan fingerprint density at radius 1 is 1.12 bits per heavy atom. The number of carbonyl (C=O) groups is 1. The standard InChI is InChI=1S/C23H19F3N4O3S/c1-30-20-7-6-16(33-17-8-9-27-15(10-17)12-21(31)32-2)13-19(20)29-22(30)28-14-4-3-5-18(11-14)34-23(24,25)26/h3-11,13H,12H2,1-2H3,(H,28,29). The number of rotatable bonds is 7. The van der Waals surface area contributed by atoms with Gasteiger partial charge in [0.1, 0.15) is 11.5 Å². The summed E-state index contributed by atoms with van der Waals surface area (Å²) in [5.74, 6) is 1.09. The minimum Gasteiger partial charge on any atom is -0.469 e. The van der Waals surface area contributed by atoms with Gasteiger partial charge >= 0.3 is 11.5 Å². The smallest absolute Gasteiger partial charge is 0.446 e. The van der Waals surface area contributed by atoms with Gasteiger partial charge in [0.2, 0.25) is 5.95 Å². The van der Waals surface area contributed by atoms with Crippen molar-refractivity contribution in [1.29, 1.82) is 0 Å². The summed E-state index contributed by atoms with van der Waals surface area (Å²) in [7, 11) is 3.11. The molecule has 4 aromatic rings. The summed E-state index contributed by atoms with van der Waals surface area (Å²) in [6, 6.07) is 14.7. The number of aryl methyl sites for hydroxylation is 1. The molecule has 0 saturated carbocycles. The second kappa shape index (κ2) is 9.64. The first kappa shape index (κ1) is 23.4. The lowest BCUT2D eigenvalue weighted by Crippen LogP contribution is -2.05. The number of aromatic nitrogens is 3. The number of hydrogen-bond acceptors (Lipinski definition) is 7. The highest BCUT2D eigenvalue weighted by molar-refractivity contribution is 8.00. The molecule has 11 heteroatoms. The number of anilines is 2. The number of carbonyl (C=O) groups excluding carboxylic acids is 1. The molecule has 0 spiro atoms. The van der Waals surface area contributed by atoms with Crippen molar-refractivity contribution in [3.63, 3.8) is 0 Å². The second-order valence-corrected chi connectivity index (χ2v) is 8.32. The van der Waals surface area contributed by atoms with Gasteiger partial charge in [-0.15, -0.1) is 0 Å². The molecule has 0 bridgehead atoms. The van der Waals surface area contributed by atoms with Crippen LogP contribution in [0.1, 0.15) is 5.69 Å². The van der Waals surface area contributed by atoms with Crippen molar-refractivity contribution in [1.82, 2.24) is 14.5 Å². The number of nitrogens with one attached hydrogen (secondary N) is 1. The predicted octanol–water partition coefficient (Wildman–Crippen LogP) is 5.83. The maximum atomic E-state index is 12.7. The monoisotopic (exact) mass is 488 g/mol. The lowest BCUT2D eigenvalue weighted by Gasteiger charge is -2.09. The Bertz CT molecular complexity index is 1340. The largest absolute Gasteiger partial charge is 0.469 e. The van der Waals surface area contributed by atoms with Crippen LogP contribution in [-0.2, 0) is 23.0 Å². The number of pyridine rings is 1. The average molecular weight is 488 g/mol. The average Bonchev–Trinajstić information content (AvgIpc) is 3.07. The molecule has 34 heavy (non-hydrogen) atoms. The molecule has 2 aromatic carbocycles. The minimum atomic E-state index is -4.36. The van der Waals surface area contributed by atoms with Crippen LogP contribution in [0.4, 0.5) is 24.8 Å². The first-order chi connectivity index (χ1) is 16.2. The Balaban J connectivity index is 1.53. The van der Waals surface area contributed by atoms with Gasteiger partial charge in [0.25, 0.3) is 0 Å². The van der Waals surface area contributed by atoms with Gasteiger partial charge < -0.3 is 19.4 Å². The van der Waals surface area contributed by atoms with E-state index in [0.29, 0.717) is 34.3 Å². The van der Waals surface area contributed by atoms with Crippen LogP contribution in [0.3, 0.4) is 0 Å². The molecule has 2 heterocycles. The van der Waals surface area contributed by atoms with Crippen LogP contribution >= 0.6 is 11.8 Å². The molecule has 0 radical (unpaired) electrons. The zero-order chi connectivity index (χ0) is 24.3. The van der Waals surface area contributed by atoms with E-state index in [1.165, 1.54) is 19.2 Å². The summed E-state index contributed by atoms with van der Waals surface area (Å²) in [5.41, 5.74) is -1.93. The maximum Gasteiger partial charge on any atom is 0.446 e. The summed E-state index contributed by atoms with van der Waals surface area (Å²) in [5, 5.41) is 3.07. The van der Waals surface area contributed by atoms with E-state index in [9.17, 15) is 18.0 Å². The maximum absolute atomic E-state index is 12.7. The van der Waals surface area contributed by atoms with E-state index < -0.39 is 11.5 Å². The molecule has 4 rings (SSSR count). The third-order valence-corrected chi connectivity index (χ3v) is 5.47. The number of nitrogens with zero attached hydrogens (tertiary/aromatic N) is 3. The van der Waals surface area contributed by atoms with Crippen LogP contribution in [0, 0.1) is 0 Å². The molecule has 0 aliphatic heterocycles. The van der Waals surface area contributed by atoms with Crippen LogP contribution in [0.15, 0.2) is 65.7 Å². The van der Waals surface area contributed by atoms with Gasteiger partial charge in [-0.05, 0) is 48.2 Å². The topological polar surface area (TPSA) is 78.3 Å². The van der Waals surface area contributed by atoms with Gasteiger partial charge in [0.15, 0.2) is 0 Å². The third kappa shape index (κ3) is 5.79. The van der Waals surface area contributed by atoms with Crippen molar-refractivity contribution in [2.24, 2.45) is 7.05 Å². The van der Waals surface area contributed by atoms with E-state index in [2.05, 4.69) is 20.0 Å². The molecule has 0 unspecified atom stereocenters. The van der Waals surface area contributed by atoms with E-state index in [1.807, 2.05) is 6.07 Å². The highest BCUT2D eigenvalue weighted by Crippen LogP contribution is 2.38. The van der Waals surface area contributed by atoms with Crippen molar-refractivity contribution in [3.05, 3.63) is 66.5 Å². The molecule has 1 N–H and O–H groups in total. The minimum absolute atomic E-state index is 0.0324. The van der Waals surface area contributed by atoms with Crippen molar-refractivity contribution >= 4 is 40.4 Å². The van der Waals surface area contributed by atoms with Gasteiger partial charge in [0, 0.05) is 36.0 Å². The fourth-order valence-electron chi connectivity index (χ4n) is 3.23. The Morgan fingerprint density at radius 3 is 2.68 bits per heavy atom. The second-order valence-electron chi connectivity index (χ2n) is 7.18. The number of esters is 1. The number of methoxy groups -OCH3 is 1. The van der Waals surface area contributed by atoms with Gasteiger partial charge in [-0.25, -0.2) is 4.98 Å². The molecule has 7 nitrogen and oxygen atoms in total. The number of alkyl halides is 3. The van der Waals surface area contributed by atoms with Crippen molar-refractivity contribution in [3.8, 4) is 11.5 Å². The first-order valence-corrected chi connectivity index (χ1v) is 10.8. The quantitative estimate of drug-likeness (QED) is 0.259. The van der Waals surface area contributed by atoms with E-state index >= 15 is 0 Å². The van der Waals surface area contributed by atoms with Gasteiger partial charge in [-0.2, -0.15) is 13.2 Å². The van der Waals surface area contributed by atoms with Crippen LogP contribution < -0.4 is 10.1 Å². The number of benzene rings is 2. The Kier molecular flexibility index (Phi) is 6.64. The highest BCUT2D eigenvalue weighted by atomic mass is 32.2. The van der Waals surface area contributed by atoms with Gasteiger partial charge in [0.05, 0.1) is 30.3 Å². The van der Waals surface area contributed by atoms with Crippen LogP contribution in [0.25, 0.3) is 11.0 Å². The molecule has 0 fully saturated rings.